The van der Waals surface area contributed by atoms with E-state index < -0.39 is 17.8 Å². The number of nitrogens with zero attached hydrogens (tertiary/aromatic N) is 3. The summed E-state index contributed by atoms with van der Waals surface area (Å²) < 4.78 is 1.95. The van der Waals surface area contributed by atoms with Crippen molar-refractivity contribution in [3.05, 3.63) is 81.8 Å². The van der Waals surface area contributed by atoms with Crippen molar-refractivity contribution in [1.29, 1.82) is 0 Å². The number of anilines is 1. The summed E-state index contributed by atoms with van der Waals surface area (Å²) in [5.41, 5.74) is 3.66. The summed E-state index contributed by atoms with van der Waals surface area (Å²) in [6.45, 7) is 5.79. The van der Waals surface area contributed by atoms with Crippen LogP contribution in [0, 0.1) is 20.8 Å². The van der Waals surface area contributed by atoms with E-state index in [-0.39, 0.29) is 5.57 Å². The van der Waals surface area contributed by atoms with Crippen molar-refractivity contribution in [3.63, 3.8) is 0 Å². The molecule has 0 bridgehead atoms. The van der Waals surface area contributed by atoms with Crippen molar-refractivity contribution in [2.45, 2.75) is 20.8 Å². The van der Waals surface area contributed by atoms with Crippen LogP contribution < -0.4 is 10.2 Å². The van der Waals surface area contributed by atoms with Gasteiger partial charge in [-0.05, 0) is 80.4 Å². The average Bonchev–Trinajstić information content (AvgIpc) is 2.99. The highest BCUT2D eigenvalue weighted by molar-refractivity contribution is 6.39. The summed E-state index contributed by atoms with van der Waals surface area (Å²) in [5.74, 6) is -0.690. The molecule has 3 heterocycles. The Balaban J connectivity index is 1.76. The van der Waals surface area contributed by atoms with Crippen LogP contribution in [-0.4, -0.2) is 27.4 Å². The van der Waals surface area contributed by atoms with Gasteiger partial charge in [-0.3, -0.25) is 14.9 Å². The normalized spacial score (nSPS) is 15.5. The van der Waals surface area contributed by atoms with E-state index in [1.165, 1.54) is 6.08 Å². The fourth-order valence-corrected chi connectivity index (χ4v) is 3.69. The Hall–Kier alpha value is -3.71. The molecule has 3 aromatic rings. The van der Waals surface area contributed by atoms with Crippen LogP contribution >= 0.6 is 11.6 Å². The molecular formula is C23H19ClN4O3. The lowest BCUT2D eigenvalue weighted by atomic mass is 10.1. The fraction of sp³-hybridized carbons (Fsp3) is 0.130. The van der Waals surface area contributed by atoms with Gasteiger partial charge in [-0.25, -0.2) is 14.7 Å². The molecule has 0 spiro atoms. The number of aromatic nitrogens is 2. The summed E-state index contributed by atoms with van der Waals surface area (Å²) in [5, 5.41) is 2.70. The molecule has 0 radical (unpaired) electrons. The molecule has 0 aliphatic carbocycles. The van der Waals surface area contributed by atoms with Gasteiger partial charge in [0.25, 0.3) is 11.8 Å². The average molecular weight is 435 g/mol. The molecule has 4 rings (SSSR count). The van der Waals surface area contributed by atoms with Crippen molar-refractivity contribution in [2.24, 2.45) is 0 Å². The van der Waals surface area contributed by atoms with Gasteiger partial charge in [0.1, 0.15) is 11.4 Å². The first kappa shape index (κ1) is 20.6. The predicted molar refractivity (Wildman–Crippen MR) is 118 cm³/mol. The summed E-state index contributed by atoms with van der Waals surface area (Å²) in [7, 11) is 0. The Bertz CT molecular complexity index is 1260. The summed E-state index contributed by atoms with van der Waals surface area (Å²) in [6.07, 6.45) is 3.23. The Morgan fingerprint density at radius 2 is 1.71 bits per heavy atom. The second-order valence-electron chi connectivity index (χ2n) is 7.29. The largest absolute Gasteiger partial charge is 0.335 e. The van der Waals surface area contributed by atoms with E-state index in [9.17, 15) is 14.4 Å². The standard InChI is InChI=1S/C23H19ClN4O3/c1-13-8-9-25-20(10-13)27-14(2)11-16(15(27)3)12-19-21(29)26-23(31)28(22(19)30)18-6-4-17(24)5-7-18/h4-12H,1-3H3,(H,26,29,31)/b19-12+. The van der Waals surface area contributed by atoms with Crippen LogP contribution in [0.3, 0.4) is 0 Å². The fourth-order valence-electron chi connectivity index (χ4n) is 3.57. The maximum atomic E-state index is 13.1. The lowest BCUT2D eigenvalue weighted by molar-refractivity contribution is -0.122. The monoisotopic (exact) mass is 434 g/mol. The number of hydrogen-bond donors (Lipinski definition) is 1. The van der Waals surface area contributed by atoms with Gasteiger partial charge >= 0.3 is 6.03 Å². The van der Waals surface area contributed by atoms with Gasteiger partial charge < -0.3 is 4.57 Å². The highest BCUT2D eigenvalue weighted by Gasteiger charge is 2.37. The molecule has 2 aromatic heterocycles. The molecule has 4 amide bonds. The molecule has 1 aromatic carbocycles. The summed E-state index contributed by atoms with van der Waals surface area (Å²) in [6, 6.07) is 11.2. The molecule has 156 valence electrons. The van der Waals surface area contributed by atoms with E-state index in [2.05, 4.69) is 10.3 Å². The molecule has 0 atom stereocenters. The minimum absolute atomic E-state index is 0.132. The maximum absolute atomic E-state index is 13.1. The number of carbonyl (C=O) groups is 3. The Labute approximate surface area is 184 Å². The number of barbiturate groups is 1. The minimum atomic E-state index is -0.802. The number of urea groups is 1. The molecule has 8 heteroatoms. The third kappa shape index (κ3) is 3.75. The topological polar surface area (TPSA) is 84.3 Å². The van der Waals surface area contributed by atoms with Crippen LogP contribution in [0.1, 0.15) is 22.5 Å². The van der Waals surface area contributed by atoms with Crippen LogP contribution in [-0.2, 0) is 9.59 Å². The molecule has 7 nitrogen and oxygen atoms in total. The first-order chi connectivity index (χ1) is 14.8. The number of carbonyl (C=O) groups excluding carboxylic acids is 3. The molecule has 1 aliphatic heterocycles. The third-order valence-corrected chi connectivity index (χ3v) is 5.34. The van der Waals surface area contributed by atoms with E-state index in [1.807, 2.05) is 43.5 Å². The number of rotatable bonds is 3. The zero-order valence-corrected chi connectivity index (χ0v) is 17.9. The van der Waals surface area contributed by atoms with Crippen LogP contribution in [0.2, 0.25) is 5.02 Å². The van der Waals surface area contributed by atoms with Crippen molar-refractivity contribution in [2.75, 3.05) is 4.90 Å². The van der Waals surface area contributed by atoms with Crippen molar-refractivity contribution in [1.82, 2.24) is 14.9 Å². The molecule has 0 unspecified atom stereocenters. The number of halogens is 1. The molecule has 1 saturated heterocycles. The van der Waals surface area contributed by atoms with Gasteiger partial charge in [-0.2, -0.15) is 0 Å². The molecule has 1 N–H and O–H groups in total. The molecular weight excluding hydrogens is 416 g/mol. The van der Waals surface area contributed by atoms with Gasteiger partial charge in [-0.15, -0.1) is 0 Å². The third-order valence-electron chi connectivity index (χ3n) is 5.09. The van der Waals surface area contributed by atoms with Gasteiger partial charge in [0, 0.05) is 22.6 Å². The lowest BCUT2D eigenvalue weighted by Crippen LogP contribution is -2.54. The number of amides is 4. The molecule has 0 saturated carbocycles. The maximum Gasteiger partial charge on any atom is 0.335 e. The molecule has 1 aliphatic rings. The predicted octanol–water partition coefficient (Wildman–Crippen LogP) is 4.12. The van der Waals surface area contributed by atoms with Crippen molar-refractivity contribution >= 4 is 41.2 Å². The van der Waals surface area contributed by atoms with Crippen LogP contribution in [0.4, 0.5) is 10.5 Å². The number of benzene rings is 1. The number of imide groups is 2. The molecule has 31 heavy (non-hydrogen) atoms. The van der Waals surface area contributed by atoms with E-state index in [0.29, 0.717) is 16.3 Å². The van der Waals surface area contributed by atoms with Crippen LogP contribution in [0.15, 0.2) is 54.2 Å². The molecule has 1 fully saturated rings. The van der Waals surface area contributed by atoms with Crippen LogP contribution in [0.5, 0.6) is 0 Å². The van der Waals surface area contributed by atoms with E-state index in [4.69, 9.17) is 11.6 Å². The van der Waals surface area contributed by atoms with Gasteiger partial charge in [-0.1, -0.05) is 11.6 Å². The van der Waals surface area contributed by atoms with Crippen molar-refractivity contribution < 1.29 is 14.4 Å². The van der Waals surface area contributed by atoms with Gasteiger partial charge in [0.15, 0.2) is 0 Å². The highest BCUT2D eigenvalue weighted by Crippen LogP contribution is 2.26. The zero-order chi connectivity index (χ0) is 22.3. The van der Waals surface area contributed by atoms with Gasteiger partial charge in [0.05, 0.1) is 5.69 Å². The Morgan fingerprint density at radius 1 is 1.00 bits per heavy atom. The smallest absolute Gasteiger partial charge is 0.303 e. The summed E-state index contributed by atoms with van der Waals surface area (Å²) >= 11 is 5.90. The number of nitrogens with one attached hydrogen (secondary N) is 1. The number of hydrogen-bond acceptors (Lipinski definition) is 4. The first-order valence-electron chi connectivity index (χ1n) is 9.55. The Kier molecular flexibility index (Phi) is 5.20. The van der Waals surface area contributed by atoms with E-state index in [1.54, 1.807) is 30.5 Å². The number of aryl methyl sites for hydroxylation is 2. The lowest BCUT2D eigenvalue weighted by Gasteiger charge is -2.26. The first-order valence-corrected chi connectivity index (χ1v) is 9.93. The highest BCUT2D eigenvalue weighted by atomic mass is 35.5. The quantitative estimate of drug-likeness (QED) is 0.496. The Morgan fingerprint density at radius 3 is 2.39 bits per heavy atom. The van der Waals surface area contributed by atoms with Crippen LogP contribution in [0.25, 0.3) is 11.9 Å². The minimum Gasteiger partial charge on any atom is -0.303 e. The van der Waals surface area contributed by atoms with Gasteiger partial charge in [0.2, 0.25) is 0 Å². The van der Waals surface area contributed by atoms with E-state index in [0.717, 1.165) is 27.7 Å². The summed E-state index contributed by atoms with van der Waals surface area (Å²) in [4.78, 5) is 43.2. The van der Waals surface area contributed by atoms with Crippen molar-refractivity contribution in [3.8, 4) is 5.82 Å². The second kappa shape index (κ2) is 7.85. The SMILES string of the molecule is Cc1ccnc(-n2c(C)cc(/C=C3\C(=O)NC(=O)N(c4ccc(Cl)cc4)C3=O)c2C)c1. The second-order valence-corrected chi connectivity index (χ2v) is 7.72. The number of pyridine rings is 1. The van der Waals surface area contributed by atoms with E-state index >= 15 is 0 Å². The zero-order valence-electron chi connectivity index (χ0n) is 17.1.